The van der Waals surface area contributed by atoms with Gasteiger partial charge in [-0.3, -0.25) is 9.78 Å². The summed E-state index contributed by atoms with van der Waals surface area (Å²) < 4.78 is 14.0. The summed E-state index contributed by atoms with van der Waals surface area (Å²) in [6.45, 7) is 3.32. The summed E-state index contributed by atoms with van der Waals surface area (Å²) in [5.74, 6) is -0.429. The molecule has 25 heavy (non-hydrogen) atoms. The van der Waals surface area contributed by atoms with Gasteiger partial charge in [0.15, 0.2) is 5.78 Å². The van der Waals surface area contributed by atoms with Crippen LogP contribution in [0.25, 0.3) is 5.57 Å². The maximum absolute atomic E-state index is 14.0. The molecule has 0 atom stereocenters. The number of anilines is 1. The van der Waals surface area contributed by atoms with Crippen molar-refractivity contribution >= 4 is 17.0 Å². The van der Waals surface area contributed by atoms with E-state index >= 15 is 0 Å². The fourth-order valence-electron chi connectivity index (χ4n) is 2.80. The van der Waals surface area contributed by atoms with Crippen molar-refractivity contribution in [2.75, 3.05) is 5.73 Å². The molecule has 0 spiro atoms. The van der Waals surface area contributed by atoms with Crippen LogP contribution in [0.1, 0.15) is 42.9 Å². The van der Waals surface area contributed by atoms with Crippen LogP contribution in [0.5, 0.6) is 0 Å². The van der Waals surface area contributed by atoms with Crippen LogP contribution in [0.15, 0.2) is 42.4 Å². The van der Waals surface area contributed by atoms with E-state index in [1.807, 2.05) is 19.1 Å². The molecule has 1 heterocycles. The maximum Gasteiger partial charge on any atom is 0.175 e. The maximum atomic E-state index is 14.0. The molecule has 0 unspecified atom stereocenters. The van der Waals surface area contributed by atoms with Crippen LogP contribution >= 0.6 is 0 Å². The number of hydrogen-bond acceptors (Lipinski definition) is 4. The summed E-state index contributed by atoms with van der Waals surface area (Å²) in [5, 5.41) is 0. The summed E-state index contributed by atoms with van der Waals surface area (Å²) in [4.78, 5) is 15.8. The molecule has 2 aromatic rings. The van der Waals surface area contributed by atoms with Crippen LogP contribution in [0.3, 0.4) is 0 Å². The average Bonchev–Trinajstić information content (AvgIpc) is 2.61. The molecule has 0 aliphatic rings. The Morgan fingerprint density at radius 1 is 1.24 bits per heavy atom. The van der Waals surface area contributed by atoms with E-state index in [0.29, 0.717) is 24.1 Å². The van der Waals surface area contributed by atoms with Gasteiger partial charge in [-0.25, -0.2) is 4.39 Å². The summed E-state index contributed by atoms with van der Waals surface area (Å²) in [5.41, 5.74) is 15.8. The first-order valence-corrected chi connectivity index (χ1v) is 8.35. The summed E-state index contributed by atoms with van der Waals surface area (Å²) >= 11 is 0. The van der Waals surface area contributed by atoms with Gasteiger partial charge in [0.2, 0.25) is 0 Å². The van der Waals surface area contributed by atoms with Gasteiger partial charge in [-0.2, -0.15) is 0 Å². The number of nitrogen functional groups attached to an aromatic ring is 1. The number of ketones is 1. The summed E-state index contributed by atoms with van der Waals surface area (Å²) in [6.07, 6.45) is 6.08. The molecular weight excluding hydrogens is 317 g/mol. The standard InChI is InChI=1S/C20H24FN3O/c1-13-9-10-18(21)17(19(13)22)8-4-3-7-16(20(23)14(2)25)15-6-5-11-24-12-15/h5-6,9-12H,3-4,7-8,22-23H2,1-2H3/b20-16+. The largest absolute Gasteiger partial charge is 0.398 e. The minimum absolute atomic E-state index is 0.159. The number of carbonyl (C=O) groups is 1. The Morgan fingerprint density at radius 3 is 2.64 bits per heavy atom. The predicted octanol–water partition coefficient (Wildman–Crippen LogP) is 3.78. The minimum Gasteiger partial charge on any atom is -0.398 e. The smallest absolute Gasteiger partial charge is 0.175 e. The number of Topliss-reactive ketones (excluding diaryl/α,β-unsaturated/α-hetero) is 1. The van der Waals surface area contributed by atoms with Gasteiger partial charge in [0, 0.05) is 30.6 Å². The Bertz CT molecular complexity index is 785. The Morgan fingerprint density at radius 2 is 2.00 bits per heavy atom. The van der Waals surface area contributed by atoms with Crippen molar-refractivity contribution < 1.29 is 9.18 Å². The van der Waals surface area contributed by atoms with E-state index in [9.17, 15) is 9.18 Å². The van der Waals surface area contributed by atoms with Crippen molar-refractivity contribution in [2.45, 2.75) is 39.5 Å². The highest BCUT2D eigenvalue weighted by Gasteiger charge is 2.12. The van der Waals surface area contributed by atoms with E-state index in [1.54, 1.807) is 18.5 Å². The van der Waals surface area contributed by atoms with Gasteiger partial charge in [-0.1, -0.05) is 12.1 Å². The lowest BCUT2D eigenvalue weighted by molar-refractivity contribution is -0.113. The number of pyridine rings is 1. The third-order valence-corrected chi connectivity index (χ3v) is 4.34. The third kappa shape index (κ3) is 4.66. The van der Waals surface area contributed by atoms with Gasteiger partial charge >= 0.3 is 0 Å². The SMILES string of the molecule is CC(=O)/C(N)=C(/CCCCc1c(F)ccc(C)c1N)c1cccnc1. The lowest BCUT2D eigenvalue weighted by atomic mass is 9.96. The second kappa shape index (κ2) is 8.42. The molecule has 0 saturated carbocycles. The topological polar surface area (TPSA) is 82.0 Å². The van der Waals surface area contributed by atoms with Crippen LogP contribution in [0.2, 0.25) is 0 Å². The Kier molecular flexibility index (Phi) is 6.28. The van der Waals surface area contributed by atoms with E-state index in [0.717, 1.165) is 29.5 Å². The number of aromatic nitrogens is 1. The molecule has 0 fully saturated rings. The number of carbonyl (C=O) groups excluding carboxylic acids is 1. The van der Waals surface area contributed by atoms with Gasteiger partial charge in [0.05, 0.1) is 5.70 Å². The molecule has 4 N–H and O–H groups in total. The monoisotopic (exact) mass is 341 g/mol. The number of benzene rings is 1. The van der Waals surface area contributed by atoms with Crippen LogP contribution in [0.4, 0.5) is 10.1 Å². The van der Waals surface area contributed by atoms with Crippen molar-refractivity contribution in [1.82, 2.24) is 4.98 Å². The van der Waals surface area contributed by atoms with Gasteiger partial charge < -0.3 is 11.5 Å². The molecule has 132 valence electrons. The molecule has 0 aliphatic carbocycles. The molecule has 0 saturated heterocycles. The van der Waals surface area contributed by atoms with E-state index in [1.165, 1.54) is 13.0 Å². The molecule has 5 heteroatoms. The highest BCUT2D eigenvalue weighted by atomic mass is 19.1. The fraction of sp³-hybridized carbons (Fsp3) is 0.300. The Hall–Kier alpha value is -2.69. The van der Waals surface area contributed by atoms with E-state index in [-0.39, 0.29) is 17.3 Å². The predicted molar refractivity (Wildman–Crippen MR) is 99.1 cm³/mol. The third-order valence-electron chi connectivity index (χ3n) is 4.34. The van der Waals surface area contributed by atoms with Crippen molar-refractivity contribution in [3.63, 3.8) is 0 Å². The number of aryl methyl sites for hydroxylation is 1. The van der Waals surface area contributed by atoms with Gasteiger partial charge in [0.1, 0.15) is 5.82 Å². The Labute approximate surface area is 147 Å². The van der Waals surface area contributed by atoms with Gasteiger partial charge in [-0.15, -0.1) is 0 Å². The molecule has 0 amide bonds. The normalized spacial score (nSPS) is 12.0. The number of rotatable bonds is 7. The quantitative estimate of drug-likeness (QED) is 0.456. The number of halogens is 1. The molecule has 0 bridgehead atoms. The summed E-state index contributed by atoms with van der Waals surface area (Å²) in [7, 11) is 0. The zero-order valence-corrected chi connectivity index (χ0v) is 14.7. The van der Waals surface area contributed by atoms with Crippen LogP contribution < -0.4 is 11.5 Å². The van der Waals surface area contributed by atoms with Crippen molar-refractivity contribution in [3.05, 3.63) is 64.9 Å². The molecule has 0 aliphatic heterocycles. The van der Waals surface area contributed by atoms with Crippen LogP contribution in [-0.2, 0) is 11.2 Å². The number of nitrogens with zero attached hydrogens (tertiary/aromatic N) is 1. The van der Waals surface area contributed by atoms with Crippen molar-refractivity contribution in [3.8, 4) is 0 Å². The molecule has 4 nitrogen and oxygen atoms in total. The highest BCUT2D eigenvalue weighted by molar-refractivity contribution is 6.00. The highest BCUT2D eigenvalue weighted by Crippen LogP contribution is 2.26. The van der Waals surface area contributed by atoms with Crippen molar-refractivity contribution in [2.24, 2.45) is 5.73 Å². The first kappa shape index (κ1) is 18.6. The molecule has 1 aromatic heterocycles. The summed E-state index contributed by atoms with van der Waals surface area (Å²) in [6, 6.07) is 6.84. The van der Waals surface area contributed by atoms with Crippen molar-refractivity contribution in [1.29, 1.82) is 0 Å². The van der Waals surface area contributed by atoms with Gasteiger partial charge in [-0.05, 0) is 61.4 Å². The number of allylic oxidation sites excluding steroid dienone is 2. The lowest BCUT2D eigenvalue weighted by Gasteiger charge is -2.12. The number of hydrogen-bond donors (Lipinski definition) is 2. The van der Waals surface area contributed by atoms with Crippen LogP contribution in [-0.4, -0.2) is 10.8 Å². The zero-order chi connectivity index (χ0) is 18.4. The molecule has 0 radical (unpaired) electrons. The molecule has 2 rings (SSSR count). The lowest BCUT2D eigenvalue weighted by Crippen LogP contribution is -2.11. The number of unbranched alkanes of at least 4 members (excludes halogenated alkanes) is 1. The zero-order valence-electron chi connectivity index (χ0n) is 14.7. The van der Waals surface area contributed by atoms with Gasteiger partial charge in [0.25, 0.3) is 0 Å². The van der Waals surface area contributed by atoms with E-state index in [4.69, 9.17) is 11.5 Å². The Balaban J connectivity index is 2.07. The fourth-order valence-corrected chi connectivity index (χ4v) is 2.80. The molecule has 1 aromatic carbocycles. The minimum atomic E-state index is -0.269. The second-order valence-corrected chi connectivity index (χ2v) is 6.15. The van der Waals surface area contributed by atoms with E-state index in [2.05, 4.69) is 4.98 Å². The first-order chi connectivity index (χ1) is 11.9. The van der Waals surface area contributed by atoms with Crippen LogP contribution in [0, 0.1) is 12.7 Å². The molecular formula is C20H24FN3O. The number of nitrogens with two attached hydrogens (primary N) is 2. The average molecular weight is 341 g/mol. The second-order valence-electron chi connectivity index (χ2n) is 6.15. The first-order valence-electron chi connectivity index (χ1n) is 8.35. The van der Waals surface area contributed by atoms with E-state index < -0.39 is 0 Å².